The van der Waals surface area contributed by atoms with Crippen LogP contribution in [0.25, 0.3) is 0 Å². The second-order valence-electron chi connectivity index (χ2n) is 6.78. The van der Waals surface area contributed by atoms with E-state index < -0.39 is 5.60 Å². The minimum absolute atomic E-state index is 0.536. The maximum atomic E-state index is 10.3. The first-order valence-electron chi connectivity index (χ1n) is 8.78. The van der Waals surface area contributed by atoms with Crippen molar-refractivity contribution in [3.63, 3.8) is 0 Å². The standard InChI is InChI=1S/C16H30N4O2/c1-2-17-15(18-13-16(21)5-3-6-16)20-7-4-14(12-20)19-8-10-22-11-9-19/h14,21H,2-13H2,1H3,(H,17,18). The summed E-state index contributed by atoms with van der Waals surface area (Å²) in [4.78, 5) is 9.61. The van der Waals surface area contributed by atoms with Crippen molar-refractivity contribution in [2.75, 3.05) is 52.5 Å². The summed E-state index contributed by atoms with van der Waals surface area (Å²) in [6, 6.07) is 0.611. The van der Waals surface area contributed by atoms with Crippen molar-refractivity contribution in [3.8, 4) is 0 Å². The summed E-state index contributed by atoms with van der Waals surface area (Å²) in [5, 5.41) is 13.6. The van der Waals surface area contributed by atoms with E-state index in [0.29, 0.717) is 12.6 Å². The molecule has 22 heavy (non-hydrogen) atoms. The topological polar surface area (TPSA) is 60.3 Å². The lowest BCUT2D eigenvalue weighted by Crippen LogP contribution is -2.47. The van der Waals surface area contributed by atoms with Crippen molar-refractivity contribution in [3.05, 3.63) is 0 Å². The van der Waals surface area contributed by atoms with Crippen molar-refractivity contribution in [1.82, 2.24) is 15.1 Å². The highest BCUT2D eigenvalue weighted by atomic mass is 16.5. The van der Waals surface area contributed by atoms with Crippen LogP contribution >= 0.6 is 0 Å². The molecule has 1 aliphatic carbocycles. The van der Waals surface area contributed by atoms with E-state index in [-0.39, 0.29) is 0 Å². The Morgan fingerprint density at radius 2 is 2.09 bits per heavy atom. The van der Waals surface area contributed by atoms with Crippen LogP contribution in [0.4, 0.5) is 0 Å². The van der Waals surface area contributed by atoms with Crippen molar-refractivity contribution < 1.29 is 9.84 Å². The SMILES string of the molecule is CCNC(=NCC1(O)CCC1)N1CCC(N2CCOCC2)C1. The van der Waals surface area contributed by atoms with Crippen molar-refractivity contribution in [2.24, 2.45) is 4.99 Å². The molecule has 126 valence electrons. The highest BCUT2D eigenvalue weighted by Crippen LogP contribution is 2.31. The Morgan fingerprint density at radius 1 is 1.32 bits per heavy atom. The second kappa shape index (κ2) is 7.15. The van der Waals surface area contributed by atoms with Gasteiger partial charge in [0.2, 0.25) is 0 Å². The number of nitrogens with zero attached hydrogens (tertiary/aromatic N) is 3. The molecule has 3 aliphatic rings. The molecule has 6 nitrogen and oxygen atoms in total. The van der Waals surface area contributed by atoms with E-state index >= 15 is 0 Å². The zero-order chi connectivity index (χ0) is 15.4. The Balaban J connectivity index is 1.56. The number of aliphatic hydroxyl groups is 1. The molecule has 2 heterocycles. The van der Waals surface area contributed by atoms with Gasteiger partial charge in [0.1, 0.15) is 0 Å². The summed E-state index contributed by atoms with van der Waals surface area (Å²) in [5.41, 5.74) is -0.538. The summed E-state index contributed by atoms with van der Waals surface area (Å²) in [5.74, 6) is 0.971. The van der Waals surface area contributed by atoms with Crippen LogP contribution in [0.5, 0.6) is 0 Å². The van der Waals surface area contributed by atoms with E-state index in [2.05, 4.69) is 22.0 Å². The van der Waals surface area contributed by atoms with Crippen molar-refractivity contribution >= 4 is 5.96 Å². The van der Waals surface area contributed by atoms with E-state index in [1.54, 1.807) is 0 Å². The maximum Gasteiger partial charge on any atom is 0.194 e. The van der Waals surface area contributed by atoms with Gasteiger partial charge in [-0.25, -0.2) is 0 Å². The normalized spacial score (nSPS) is 29.5. The molecule has 2 N–H and O–H groups in total. The number of rotatable bonds is 4. The lowest BCUT2D eigenvalue weighted by Gasteiger charge is -2.35. The average Bonchev–Trinajstić information content (AvgIpc) is 3.00. The summed E-state index contributed by atoms with van der Waals surface area (Å²) in [6.07, 6.45) is 4.11. The fourth-order valence-corrected chi connectivity index (χ4v) is 3.57. The van der Waals surface area contributed by atoms with Gasteiger partial charge in [-0.05, 0) is 32.6 Å². The monoisotopic (exact) mass is 310 g/mol. The first-order chi connectivity index (χ1) is 10.7. The Kier molecular flexibility index (Phi) is 5.21. The largest absolute Gasteiger partial charge is 0.388 e. The highest BCUT2D eigenvalue weighted by Gasteiger charge is 2.35. The number of aliphatic imine (C=N–C) groups is 1. The van der Waals surface area contributed by atoms with Gasteiger partial charge in [-0.2, -0.15) is 0 Å². The van der Waals surface area contributed by atoms with Crippen LogP contribution in [0.1, 0.15) is 32.6 Å². The Bertz CT molecular complexity index is 392. The molecule has 0 radical (unpaired) electrons. The number of ether oxygens (including phenoxy) is 1. The molecule has 6 heteroatoms. The van der Waals surface area contributed by atoms with E-state index in [1.165, 1.54) is 6.42 Å². The molecule has 3 fully saturated rings. The zero-order valence-corrected chi connectivity index (χ0v) is 13.8. The number of nitrogens with one attached hydrogen (secondary N) is 1. The molecule has 0 aromatic heterocycles. The Hall–Kier alpha value is -0.850. The van der Waals surface area contributed by atoms with Crippen LogP contribution in [-0.2, 0) is 4.74 Å². The molecule has 1 unspecified atom stereocenters. The highest BCUT2D eigenvalue weighted by molar-refractivity contribution is 5.80. The second-order valence-corrected chi connectivity index (χ2v) is 6.78. The summed E-state index contributed by atoms with van der Waals surface area (Å²) < 4.78 is 5.45. The predicted molar refractivity (Wildman–Crippen MR) is 87.1 cm³/mol. The molecule has 0 spiro atoms. The van der Waals surface area contributed by atoms with Crippen molar-refractivity contribution in [1.29, 1.82) is 0 Å². The zero-order valence-electron chi connectivity index (χ0n) is 13.8. The van der Waals surface area contributed by atoms with Crippen LogP contribution in [0.15, 0.2) is 4.99 Å². The number of hydrogen-bond acceptors (Lipinski definition) is 4. The maximum absolute atomic E-state index is 10.3. The fourth-order valence-electron chi connectivity index (χ4n) is 3.57. The molecule has 0 amide bonds. The van der Waals surface area contributed by atoms with Gasteiger partial charge in [0, 0.05) is 38.8 Å². The van der Waals surface area contributed by atoms with Crippen LogP contribution in [0, 0.1) is 0 Å². The molecule has 0 aromatic rings. The number of likely N-dealkylation sites (tertiary alicyclic amines) is 1. The molecular weight excluding hydrogens is 280 g/mol. The fraction of sp³-hybridized carbons (Fsp3) is 0.938. The number of guanidine groups is 1. The molecule has 0 bridgehead atoms. The minimum atomic E-state index is -0.538. The molecule has 0 aromatic carbocycles. The van der Waals surface area contributed by atoms with Crippen LogP contribution < -0.4 is 5.32 Å². The quantitative estimate of drug-likeness (QED) is 0.577. The molecular formula is C16H30N4O2. The third-order valence-electron chi connectivity index (χ3n) is 5.17. The number of hydrogen-bond donors (Lipinski definition) is 2. The molecule has 2 aliphatic heterocycles. The van der Waals surface area contributed by atoms with Gasteiger partial charge in [-0.15, -0.1) is 0 Å². The smallest absolute Gasteiger partial charge is 0.194 e. The molecule has 1 atom stereocenters. The van der Waals surface area contributed by atoms with E-state index in [4.69, 9.17) is 9.73 Å². The molecule has 3 rings (SSSR count). The Morgan fingerprint density at radius 3 is 2.73 bits per heavy atom. The summed E-state index contributed by atoms with van der Waals surface area (Å²) >= 11 is 0. The van der Waals surface area contributed by atoms with Gasteiger partial charge in [0.15, 0.2) is 5.96 Å². The first-order valence-corrected chi connectivity index (χ1v) is 8.78. The summed E-state index contributed by atoms with van der Waals surface area (Å²) in [6.45, 7) is 9.40. The van der Waals surface area contributed by atoms with E-state index in [0.717, 1.165) is 71.2 Å². The van der Waals surface area contributed by atoms with Gasteiger partial charge in [-0.3, -0.25) is 9.89 Å². The molecule has 1 saturated carbocycles. The minimum Gasteiger partial charge on any atom is -0.388 e. The lowest BCUT2D eigenvalue weighted by molar-refractivity contribution is -0.0237. The van der Waals surface area contributed by atoms with E-state index in [1.807, 2.05) is 0 Å². The van der Waals surface area contributed by atoms with Gasteiger partial charge < -0.3 is 20.1 Å². The van der Waals surface area contributed by atoms with Crippen LogP contribution in [0.3, 0.4) is 0 Å². The predicted octanol–water partition coefficient (Wildman–Crippen LogP) is 0.273. The van der Waals surface area contributed by atoms with Crippen molar-refractivity contribution in [2.45, 2.75) is 44.2 Å². The third kappa shape index (κ3) is 3.73. The number of morpholine rings is 1. The van der Waals surface area contributed by atoms with Crippen LogP contribution in [0.2, 0.25) is 0 Å². The third-order valence-corrected chi connectivity index (χ3v) is 5.17. The van der Waals surface area contributed by atoms with Gasteiger partial charge in [0.05, 0.1) is 25.4 Å². The first kappa shape index (κ1) is 16.0. The van der Waals surface area contributed by atoms with Gasteiger partial charge >= 0.3 is 0 Å². The molecule has 2 saturated heterocycles. The average molecular weight is 310 g/mol. The lowest BCUT2D eigenvalue weighted by atomic mass is 9.80. The van der Waals surface area contributed by atoms with Gasteiger partial charge in [0.25, 0.3) is 0 Å². The van der Waals surface area contributed by atoms with Gasteiger partial charge in [-0.1, -0.05) is 0 Å². The van der Waals surface area contributed by atoms with E-state index in [9.17, 15) is 5.11 Å². The summed E-state index contributed by atoms with van der Waals surface area (Å²) in [7, 11) is 0. The Labute approximate surface area is 133 Å². The van der Waals surface area contributed by atoms with Crippen LogP contribution in [-0.4, -0.2) is 85.0 Å².